The minimum Gasteiger partial charge on any atom is -0.338 e. The van der Waals surface area contributed by atoms with E-state index in [9.17, 15) is 13.2 Å². The van der Waals surface area contributed by atoms with Crippen molar-refractivity contribution in [2.24, 2.45) is 12.8 Å². The van der Waals surface area contributed by atoms with Crippen LogP contribution in [0, 0.1) is 0 Å². The van der Waals surface area contributed by atoms with Crippen LogP contribution in [0.15, 0.2) is 36.7 Å². The first-order valence-corrected chi connectivity index (χ1v) is 6.27. The number of rotatable bonds is 4. The number of hydrogen-bond donors (Lipinski definition) is 1. The number of imidazole rings is 1. The molecule has 1 unspecified atom stereocenters. The fraction of sp³-hybridized carbons (Fsp3) is 0.357. The van der Waals surface area contributed by atoms with Crippen LogP contribution in [0.5, 0.6) is 0 Å². The van der Waals surface area contributed by atoms with Crippen molar-refractivity contribution in [2.75, 3.05) is 0 Å². The van der Waals surface area contributed by atoms with Gasteiger partial charge in [-0.25, -0.2) is 4.98 Å². The highest BCUT2D eigenvalue weighted by Crippen LogP contribution is 2.31. The van der Waals surface area contributed by atoms with Gasteiger partial charge >= 0.3 is 6.18 Å². The standard InChI is InChI=1S/C14H16F3N3/c1-20-8-7-19-13(20)6-5-12(18)10-3-2-4-11(9-10)14(15,16)17/h2-4,7-9,12H,5-6,18H2,1H3. The number of alkyl halides is 3. The highest BCUT2D eigenvalue weighted by molar-refractivity contribution is 5.27. The lowest BCUT2D eigenvalue weighted by Gasteiger charge is -2.14. The Kier molecular flexibility index (Phi) is 4.13. The van der Waals surface area contributed by atoms with Crippen molar-refractivity contribution in [3.05, 3.63) is 53.6 Å². The number of halogens is 3. The summed E-state index contributed by atoms with van der Waals surface area (Å²) in [5.74, 6) is 0.868. The Labute approximate surface area is 115 Å². The van der Waals surface area contributed by atoms with Gasteiger partial charge in [-0.05, 0) is 24.1 Å². The molecule has 2 aromatic rings. The Morgan fingerprint density at radius 3 is 2.70 bits per heavy atom. The Bertz CT molecular complexity index is 575. The van der Waals surface area contributed by atoms with Crippen molar-refractivity contribution in [3.63, 3.8) is 0 Å². The summed E-state index contributed by atoms with van der Waals surface area (Å²) in [5.41, 5.74) is 5.80. The maximum Gasteiger partial charge on any atom is 0.416 e. The van der Waals surface area contributed by atoms with Gasteiger partial charge in [-0.15, -0.1) is 0 Å². The Hall–Kier alpha value is -1.82. The highest BCUT2D eigenvalue weighted by Gasteiger charge is 2.30. The van der Waals surface area contributed by atoms with Gasteiger partial charge < -0.3 is 10.3 Å². The fourth-order valence-electron chi connectivity index (χ4n) is 2.03. The minimum absolute atomic E-state index is 0.436. The SMILES string of the molecule is Cn1ccnc1CCC(N)c1cccc(C(F)(F)F)c1. The smallest absolute Gasteiger partial charge is 0.338 e. The summed E-state index contributed by atoms with van der Waals surface area (Å²) in [4.78, 5) is 4.17. The predicted octanol–water partition coefficient (Wildman–Crippen LogP) is 3.07. The van der Waals surface area contributed by atoms with Gasteiger partial charge in [0, 0.05) is 31.9 Å². The molecule has 6 heteroatoms. The summed E-state index contributed by atoms with van der Waals surface area (Å²) in [6.07, 6.45) is 0.346. The molecule has 0 spiro atoms. The molecule has 1 atom stereocenters. The molecule has 0 bridgehead atoms. The molecule has 1 aromatic heterocycles. The van der Waals surface area contributed by atoms with Gasteiger partial charge in [-0.1, -0.05) is 12.1 Å². The van der Waals surface area contributed by atoms with Crippen LogP contribution in [0.25, 0.3) is 0 Å². The zero-order valence-electron chi connectivity index (χ0n) is 11.1. The number of benzene rings is 1. The number of nitrogens with two attached hydrogens (primary N) is 1. The molecule has 2 N–H and O–H groups in total. The maximum absolute atomic E-state index is 12.6. The summed E-state index contributed by atoms with van der Waals surface area (Å²) >= 11 is 0. The molecule has 1 heterocycles. The Morgan fingerprint density at radius 2 is 2.10 bits per heavy atom. The largest absolute Gasteiger partial charge is 0.416 e. The first kappa shape index (κ1) is 14.6. The molecule has 20 heavy (non-hydrogen) atoms. The van der Waals surface area contributed by atoms with Crippen molar-refractivity contribution in [2.45, 2.75) is 25.1 Å². The first-order chi connectivity index (χ1) is 9.38. The van der Waals surface area contributed by atoms with Crippen LogP contribution in [0.1, 0.15) is 29.4 Å². The van der Waals surface area contributed by atoms with Crippen molar-refractivity contribution in [1.82, 2.24) is 9.55 Å². The van der Waals surface area contributed by atoms with Crippen molar-refractivity contribution in [1.29, 1.82) is 0 Å². The van der Waals surface area contributed by atoms with Gasteiger partial charge in [0.1, 0.15) is 5.82 Å². The lowest BCUT2D eigenvalue weighted by Crippen LogP contribution is -2.14. The van der Waals surface area contributed by atoms with E-state index < -0.39 is 17.8 Å². The lowest BCUT2D eigenvalue weighted by molar-refractivity contribution is -0.137. The summed E-state index contributed by atoms with van der Waals surface area (Å²) in [6.45, 7) is 0. The summed E-state index contributed by atoms with van der Waals surface area (Å²) in [7, 11) is 1.87. The van der Waals surface area contributed by atoms with Gasteiger partial charge in [0.2, 0.25) is 0 Å². The molecule has 0 saturated heterocycles. The molecule has 2 rings (SSSR count). The molecule has 0 amide bonds. The quantitative estimate of drug-likeness (QED) is 0.937. The van der Waals surface area contributed by atoms with E-state index in [0.29, 0.717) is 18.4 Å². The zero-order chi connectivity index (χ0) is 14.8. The molecule has 0 radical (unpaired) electrons. The molecular weight excluding hydrogens is 267 g/mol. The van der Waals surface area contributed by atoms with Crippen molar-refractivity contribution >= 4 is 0 Å². The number of nitrogens with zero attached hydrogens (tertiary/aromatic N) is 2. The predicted molar refractivity (Wildman–Crippen MR) is 69.9 cm³/mol. The fourth-order valence-corrected chi connectivity index (χ4v) is 2.03. The van der Waals surface area contributed by atoms with E-state index >= 15 is 0 Å². The number of hydrogen-bond acceptors (Lipinski definition) is 2. The minimum atomic E-state index is -4.34. The highest BCUT2D eigenvalue weighted by atomic mass is 19.4. The van der Waals surface area contributed by atoms with Crippen LogP contribution in [0.4, 0.5) is 13.2 Å². The molecule has 0 fully saturated rings. The van der Waals surface area contributed by atoms with Crippen LogP contribution >= 0.6 is 0 Å². The van der Waals surface area contributed by atoms with Crippen LogP contribution in [-0.2, 0) is 19.6 Å². The van der Waals surface area contributed by atoms with Crippen LogP contribution in [0.3, 0.4) is 0 Å². The third-order valence-electron chi connectivity index (χ3n) is 3.24. The second-order valence-electron chi connectivity index (χ2n) is 4.72. The molecule has 0 aliphatic rings. The molecule has 1 aromatic carbocycles. The molecule has 0 saturated carbocycles. The average molecular weight is 283 g/mol. The van der Waals surface area contributed by atoms with E-state index in [-0.39, 0.29) is 0 Å². The second kappa shape index (κ2) is 5.66. The van der Waals surface area contributed by atoms with Gasteiger partial charge in [0.15, 0.2) is 0 Å². The van der Waals surface area contributed by atoms with Crippen molar-refractivity contribution in [3.8, 4) is 0 Å². The summed E-state index contributed by atoms with van der Waals surface area (Å²) in [5, 5.41) is 0. The molecule has 0 aliphatic carbocycles. The molecule has 0 aliphatic heterocycles. The Morgan fingerprint density at radius 1 is 1.35 bits per heavy atom. The summed E-state index contributed by atoms with van der Waals surface area (Å²) < 4.78 is 39.8. The second-order valence-corrected chi connectivity index (χ2v) is 4.72. The zero-order valence-corrected chi connectivity index (χ0v) is 11.1. The van der Waals surface area contributed by atoms with Crippen LogP contribution < -0.4 is 5.73 Å². The van der Waals surface area contributed by atoms with E-state index in [4.69, 9.17) is 5.73 Å². The number of aromatic nitrogens is 2. The third-order valence-corrected chi connectivity index (χ3v) is 3.24. The van der Waals surface area contributed by atoms with Gasteiger partial charge in [-0.2, -0.15) is 13.2 Å². The van der Waals surface area contributed by atoms with Gasteiger partial charge in [0.25, 0.3) is 0 Å². The molecular formula is C14H16F3N3. The van der Waals surface area contributed by atoms with Gasteiger partial charge in [-0.3, -0.25) is 0 Å². The normalized spacial score (nSPS) is 13.4. The van der Waals surface area contributed by atoms with E-state index in [1.807, 2.05) is 17.8 Å². The van der Waals surface area contributed by atoms with E-state index in [1.54, 1.807) is 12.3 Å². The first-order valence-electron chi connectivity index (χ1n) is 6.27. The maximum atomic E-state index is 12.6. The van der Waals surface area contributed by atoms with Crippen LogP contribution in [-0.4, -0.2) is 9.55 Å². The summed E-state index contributed by atoms with van der Waals surface area (Å²) in [6, 6.07) is 4.74. The molecule has 3 nitrogen and oxygen atoms in total. The third kappa shape index (κ3) is 3.39. The molecule has 108 valence electrons. The number of aryl methyl sites for hydroxylation is 2. The monoisotopic (exact) mass is 283 g/mol. The average Bonchev–Trinajstić information content (AvgIpc) is 2.81. The van der Waals surface area contributed by atoms with Gasteiger partial charge in [0.05, 0.1) is 5.56 Å². The van der Waals surface area contributed by atoms with Crippen LogP contribution in [0.2, 0.25) is 0 Å². The van der Waals surface area contributed by atoms with Crippen molar-refractivity contribution < 1.29 is 13.2 Å². The topological polar surface area (TPSA) is 43.8 Å². The lowest BCUT2D eigenvalue weighted by atomic mass is 10.0. The Balaban J connectivity index is 2.06. The van der Waals surface area contributed by atoms with E-state index in [1.165, 1.54) is 6.07 Å². The van der Waals surface area contributed by atoms with E-state index in [2.05, 4.69) is 4.98 Å². The van der Waals surface area contributed by atoms with E-state index in [0.717, 1.165) is 18.0 Å².